The molecule has 1 rings (SSSR count). The summed E-state index contributed by atoms with van der Waals surface area (Å²) >= 11 is 6.54. The molecule has 1 amide bonds. The van der Waals surface area contributed by atoms with Gasteiger partial charge < -0.3 is 9.64 Å². The number of carbonyl (C=O) groups excluding carboxylic acids is 2. The normalized spacial score (nSPS) is 10.2. The molecule has 0 heterocycles. The van der Waals surface area contributed by atoms with Gasteiger partial charge in [-0.15, -0.1) is 0 Å². The van der Waals surface area contributed by atoms with Crippen molar-refractivity contribution in [2.75, 3.05) is 20.2 Å². The fourth-order valence-corrected chi connectivity index (χ4v) is 3.82. The zero-order chi connectivity index (χ0) is 14.6. The number of carbonyl (C=O) groups is 2. The van der Waals surface area contributed by atoms with Gasteiger partial charge in [0, 0.05) is 17.3 Å². The van der Waals surface area contributed by atoms with E-state index < -0.39 is 5.97 Å². The summed E-state index contributed by atoms with van der Waals surface area (Å²) in [6, 6.07) is 3.85. The van der Waals surface area contributed by atoms with E-state index in [2.05, 4.69) is 72.5 Å². The first kappa shape index (κ1) is 17.4. The number of esters is 1. The maximum absolute atomic E-state index is 12.5. The molecule has 0 spiro atoms. The maximum atomic E-state index is 12.5. The van der Waals surface area contributed by atoms with E-state index in [0.717, 1.165) is 10.7 Å². The van der Waals surface area contributed by atoms with Crippen molar-refractivity contribution in [2.24, 2.45) is 0 Å². The van der Waals surface area contributed by atoms with Crippen molar-refractivity contribution in [3.8, 4) is 0 Å². The minimum atomic E-state index is -0.412. The number of rotatable bonds is 4. The molecule has 1 aromatic carbocycles. The standard InChI is InChI=1S/C12H12I3NO3/c1-3-16(6-10(17)19-2)12(18)8-4-7(13)5-9(14)11(8)15/h4-5H,3,6H2,1-2H3. The summed E-state index contributed by atoms with van der Waals surface area (Å²) in [5.41, 5.74) is 0.627. The van der Waals surface area contributed by atoms with Crippen molar-refractivity contribution < 1.29 is 14.3 Å². The first-order valence-electron chi connectivity index (χ1n) is 5.41. The Labute approximate surface area is 153 Å². The van der Waals surface area contributed by atoms with Crippen LogP contribution in [0.1, 0.15) is 17.3 Å². The molecule has 0 radical (unpaired) electrons. The number of hydrogen-bond acceptors (Lipinski definition) is 3. The van der Waals surface area contributed by atoms with Crippen LogP contribution in [0.2, 0.25) is 0 Å². The van der Waals surface area contributed by atoms with Crippen LogP contribution >= 0.6 is 67.8 Å². The van der Waals surface area contributed by atoms with Gasteiger partial charge in [-0.3, -0.25) is 9.59 Å². The highest BCUT2D eigenvalue weighted by atomic mass is 127. The number of likely N-dealkylation sites (N-methyl/N-ethyl adjacent to an activating group) is 1. The van der Waals surface area contributed by atoms with Gasteiger partial charge in [0.15, 0.2) is 0 Å². The molecule has 0 saturated carbocycles. The summed E-state index contributed by atoms with van der Waals surface area (Å²) in [7, 11) is 1.32. The Morgan fingerprint density at radius 2 is 1.89 bits per heavy atom. The van der Waals surface area contributed by atoms with Gasteiger partial charge in [-0.1, -0.05) is 0 Å². The lowest BCUT2D eigenvalue weighted by Gasteiger charge is -2.20. The Morgan fingerprint density at radius 1 is 1.26 bits per heavy atom. The van der Waals surface area contributed by atoms with E-state index in [0.29, 0.717) is 12.1 Å². The van der Waals surface area contributed by atoms with Crippen molar-refractivity contribution in [1.82, 2.24) is 4.90 Å². The molecule has 0 aliphatic carbocycles. The van der Waals surface area contributed by atoms with Crippen LogP contribution in [0.3, 0.4) is 0 Å². The number of benzene rings is 1. The van der Waals surface area contributed by atoms with Crippen molar-refractivity contribution in [1.29, 1.82) is 0 Å². The van der Waals surface area contributed by atoms with E-state index >= 15 is 0 Å². The average Bonchev–Trinajstić information content (AvgIpc) is 2.38. The molecule has 0 aliphatic rings. The lowest BCUT2D eigenvalue weighted by molar-refractivity contribution is -0.141. The van der Waals surface area contributed by atoms with E-state index in [9.17, 15) is 9.59 Å². The fraction of sp³-hybridized carbons (Fsp3) is 0.333. The molecule has 4 nitrogen and oxygen atoms in total. The van der Waals surface area contributed by atoms with Crippen LogP contribution in [0.15, 0.2) is 12.1 Å². The lowest BCUT2D eigenvalue weighted by Crippen LogP contribution is -2.36. The molecule has 7 heteroatoms. The predicted octanol–water partition coefficient (Wildman–Crippen LogP) is 3.14. The number of halogens is 3. The second-order valence-electron chi connectivity index (χ2n) is 3.64. The first-order chi connectivity index (χ1) is 8.90. The summed E-state index contributed by atoms with van der Waals surface area (Å²) in [6.45, 7) is 2.28. The highest BCUT2D eigenvalue weighted by molar-refractivity contribution is 14.1. The van der Waals surface area contributed by atoms with Crippen LogP contribution in [-0.2, 0) is 9.53 Å². The molecular formula is C12H12I3NO3. The van der Waals surface area contributed by atoms with Crippen molar-refractivity contribution >= 4 is 79.6 Å². The molecule has 0 bridgehead atoms. The summed E-state index contributed by atoms with van der Waals surface area (Å²) in [5, 5.41) is 0. The van der Waals surface area contributed by atoms with Crippen molar-refractivity contribution in [3.05, 3.63) is 28.4 Å². The number of ether oxygens (including phenoxy) is 1. The summed E-state index contributed by atoms with van der Waals surface area (Å²) in [4.78, 5) is 25.3. The van der Waals surface area contributed by atoms with Crippen molar-refractivity contribution in [3.63, 3.8) is 0 Å². The van der Waals surface area contributed by atoms with Crippen LogP contribution in [0.5, 0.6) is 0 Å². The monoisotopic (exact) mass is 599 g/mol. The highest BCUT2D eigenvalue weighted by Crippen LogP contribution is 2.24. The van der Waals surface area contributed by atoms with E-state index in [1.807, 2.05) is 19.1 Å². The van der Waals surface area contributed by atoms with Crippen LogP contribution in [0.25, 0.3) is 0 Å². The van der Waals surface area contributed by atoms with Gasteiger partial charge in [0.1, 0.15) is 6.54 Å². The SMILES string of the molecule is CCN(CC(=O)OC)C(=O)c1cc(I)cc(I)c1I. The van der Waals surface area contributed by atoms with Gasteiger partial charge in [-0.05, 0) is 86.8 Å². The van der Waals surface area contributed by atoms with Gasteiger partial charge in [0.05, 0.1) is 12.7 Å². The van der Waals surface area contributed by atoms with Crippen LogP contribution in [-0.4, -0.2) is 37.0 Å². The third-order valence-electron chi connectivity index (χ3n) is 2.44. The molecule has 0 unspecified atom stereocenters. The van der Waals surface area contributed by atoms with Crippen LogP contribution < -0.4 is 0 Å². The summed E-state index contributed by atoms with van der Waals surface area (Å²) in [5.74, 6) is -0.556. The zero-order valence-electron chi connectivity index (χ0n) is 10.4. The third-order valence-corrected chi connectivity index (χ3v) is 6.11. The Hall–Kier alpha value is 0.350. The molecule has 0 aromatic heterocycles. The molecule has 0 fully saturated rings. The Balaban J connectivity index is 3.07. The van der Waals surface area contributed by atoms with Gasteiger partial charge in [0.25, 0.3) is 5.91 Å². The summed E-state index contributed by atoms with van der Waals surface area (Å²) < 4.78 is 7.55. The Bertz CT molecular complexity index is 505. The largest absolute Gasteiger partial charge is 0.468 e. The second-order valence-corrected chi connectivity index (χ2v) is 7.13. The second kappa shape index (κ2) is 7.96. The van der Waals surface area contributed by atoms with E-state index in [1.54, 1.807) is 0 Å². The quantitative estimate of drug-likeness (QED) is 0.304. The van der Waals surface area contributed by atoms with Gasteiger partial charge in [-0.25, -0.2) is 0 Å². The lowest BCUT2D eigenvalue weighted by atomic mass is 10.2. The van der Waals surface area contributed by atoms with Gasteiger partial charge in [-0.2, -0.15) is 0 Å². The molecule has 0 aliphatic heterocycles. The first-order valence-corrected chi connectivity index (χ1v) is 8.65. The van der Waals surface area contributed by atoms with Crippen LogP contribution in [0.4, 0.5) is 0 Å². The third kappa shape index (κ3) is 4.69. The highest BCUT2D eigenvalue weighted by Gasteiger charge is 2.21. The minimum Gasteiger partial charge on any atom is -0.468 e. The molecular weight excluding hydrogens is 587 g/mol. The minimum absolute atomic E-state index is 0.0238. The van der Waals surface area contributed by atoms with Crippen LogP contribution in [0, 0.1) is 10.7 Å². The van der Waals surface area contributed by atoms with E-state index in [-0.39, 0.29) is 12.5 Å². The number of methoxy groups -OCH3 is 1. The van der Waals surface area contributed by atoms with Gasteiger partial charge >= 0.3 is 5.97 Å². The molecule has 1 aromatic rings. The summed E-state index contributed by atoms with van der Waals surface area (Å²) in [6.07, 6.45) is 0. The fourth-order valence-electron chi connectivity index (χ4n) is 1.43. The zero-order valence-corrected chi connectivity index (χ0v) is 16.8. The molecule has 0 atom stereocenters. The molecule has 19 heavy (non-hydrogen) atoms. The smallest absolute Gasteiger partial charge is 0.325 e. The Kier molecular flexibility index (Phi) is 7.29. The van der Waals surface area contributed by atoms with Crippen molar-refractivity contribution in [2.45, 2.75) is 6.92 Å². The Morgan fingerprint density at radius 3 is 2.42 bits per heavy atom. The van der Waals surface area contributed by atoms with Gasteiger partial charge in [0.2, 0.25) is 0 Å². The average molecular weight is 599 g/mol. The predicted molar refractivity (Wildman–Crippen MR) is 98.2 cm³/mol. The number of nitrogens with zero attached hydrogens (tertiary/aromatic N) is 1. The maximum Gasteiger partial charge on any atom is 0.325 e. The number of amides is 1. The van der Waals surface area contributed by atoms with E-state index in [4.69, 9.17) is 0 Å². The molecule has 0 saturated heterocycles. The molecule has 0 N–H and O–H groups in total. The topological polar surface area (TPSA) is 46.6 Å². The molecule has 104 valence electrons. The van der Waals surface area contributed by atoms with E-state index in [1.165, 1.54) is 12.0 Å². The number of hydrogen-bond donors (Lipinski definition) is 0.